The molecule has 0 atom stereocenters. The zero-order chi connectivity index (χ0) is 11.8. The van der Waals surface area contributed by atoms with E-state index in [0.29, 0.717) is 6.07 Å². The lowest BCUT2D eigenvalue weighted by atomic mass is 10.3. The molecule has 0 unspecified atom stereocenters. The average Bonchev–Trinajstić information content (AvgIpc) is 2.06. The van der Waals surface area contributed by atoms with Crippen molar-refractivity contribution < 1.29 is 22.3 Å². The Balaban J connectivity index is 3.56. The lowest BCUT2D eigenvalue weighted by Crippen LogP contribution is -2.02. The highest BCUT2D eigenvalue weighted by Gasteiger charge is 2.25. The number of hydrogen-bond donors (Lipinski definition) is 1. The van der Waals surface area contributed by atoms with E-state index in [4.69, 9.17) is 15.8 Å². The van der Waals surface area contributed by atoms with E-state index in [0.717, 1.165) is 0 Å². The monoisotopic (exact) mass is 321 g/mol. The fraction of sp³-hybridized carbons (Fsp3) is 0.167. The van der Waals surface area contributed by atoms with E-state index in [1.165, 1.54) is 0 Å². The van der Waals surface area contributed by atoms with Crippen LogP contribution in [0.15, 0.2) is 15.6 Å². The minimum absolute atomic E-state index is 0.276. The molecule has 1 aromatic rings. The molecule has 0 aliphatic carbocycles. The first-order valence-corrected chi connectivity index (χ1v) is 6.46. The van der Waals surface area contributed by atoms with Gasteiger partial charge in [0.25, 0.3) is 15.5 Å². The summed E-state index contributed by atoms with van der Waals surface area (Å²) in [5.74, 6) is -0.585. The molecule has 84 valence electrons. The maximum atomic E-state index is 12.4. The van der Waals surface area contributed by atoms with Crippen molar-refractivity contribution in [1.82, 2.24) is 4.98 Å². The highest BCUT2D eigenvalue weighted by atomic mass is 79.9. The normalized spacial score (nSPS) is 12.1. The molecule has 0 aliphatic heterocycles. The first-order valence-electron chi connectivity index (χ1n) is 3.35. The maximum absolute atomic E-state index is 12.4. The van der Waals surface area contributed by atoms with Crippen LogP contribution in [0.3, 0.4) is 0 Å². The van der Waals surface area contributed by atoms with Crippen LogP contribution >= 0.6 is 26.6 Å². The van der Waals surface area contributed by atoms with Gasteiger partial charge in [-0.25, -0.2) is 22.2 Å². The van der Waals surface area contributed by atoms with Gasteiger partial charge < -0.3 is 5.11 Å². The summed E-state index contributed by atoms with van der Waals surface area (Å²) in [6, 6.07) is 0.612. The molecule has 9 heteroatoms. The fourth-order valence-electron chi connectivity index (χ4n) is 0.827. The van der Waals surface area contributed by atoms with Crippen LogP contribution in [0, 0.1) is 0 Å². The Morgan fingerprint density at radius 1 is 1.53 bits per heavy atom. The minimum Gasteiger partial charge on any atom is -0.505 e. The zero-order valence-corrected chi connectivity index (χ0v) is 9.94. The maximum Gasteiger partial charge on any atom is 0.281 e. The van der Waals surface area contributed by atoms with Gasteiger partial charge in [-0.2, -0.15) is 0 Å². The van der Waals surface area contributed by atoms with Gasteiger partial charge in [-0.15, -0.1) is 0 Å². The predicted molar refractivity (Wildman–Crippen MR) is 51.6 cm³/mol. The molecule has 0 aromatic carbocycles. The molecule has 0 aliphatic rings. The molecule has 0 saturated heterocycles. The molecule has 1 aromatic heterocycles. The van der Waals surface area contributed by atoms with Gasteiger partial charge in [0, 0.05) is 16.7 Å². The van der Waals surface area contributed by atoms with Gasteiger partial charge in [-0.3, -0.25) is 0 Å². The minimum atomic E-state index is -4.37. The molecule has 0 fully saturated rings. The number of halogens is 4. The average molecular weight is 323 g/mol. The summed E-state index contributed by atoms with van der Waals surface area (Å²) in [7, 11) is 0.536. The molecular weight excluding hydrogens is 319 g/mol. The van der Waals surface area contributed by atoms with Crippen LogP contribution < -0.4 is 0 Å². The van der Waals surface area contributed by atoms with Gasteiger partial charge in [-0.1, -0.05) is 0 Å². The second-order valence-corrected chi connectivity index (χ2v) is 5.71. The first kappa shape index (κ1) is 12.6. The highest BCUT2D eigenvalue weighted by Crippen LogP contribution is 2.33. The number of nitrogens with zero attached hydrogens (tertiary/aromatic N) is 1. The Labute approximate surface area is 96.4 Å². The summed E-state index contributed by atoms with van der Waals surface area (Å²) in [5.41, 5.74) is -1.00. The summed E-state index contributed by atoms with van der Waals surface area (Å²) in [4.78, 5) is 2.29. The van der Waals surface area contributed by atoms with E-state index in [2.05, 4.69) is 20.9 Å². The Bertz CT molecular complexity index is 493. The number of hydrogen-bond acceptors (Lipinski definition) is 4. The van der Waals surface area contributed by atoms with E-state index in [1.807, 2.05) is 0 Å². The van der Waals surface area contributed by atoms with Gasteiger partial charge in [0.15, 0.2) is 0 Å². The molecule has 0 amide bonds. The second-order valence-electron chi connectivity index (χ2n) is 2.42. The van der Waals surface area contributed by atoms with Crippen LogP contribution in [0.25, 0.3) is 0 Å². The van der Waals surface area contributed by atoms with E-state index in [9.17, 15) is 17.2 Å². The number of rotatable bonds is 2. The largest absolute Gasteiger partial charge is 0.505 e. The molecule has 4 nitrogen and oxygen atoms in total. The van der Waals surface area contributed by atoms with E-state index in [1.54, 1.807) is 0 Å². The number of aromatic nitrogens is 1. The summed E-state index contributed by atoms with van der Waals surface area (Å²) in [6.07, 6.45) is -3.11. The van der Waals surface area contributed by atoms with Gasteiger partial charge in [-0.05, 0) is 15.9 Å². The van der Waals surface area contributed by atoms with Crippen LogP contribution in [0.5, 0.6) is 5.75 Å². The second kappa shape index (κ2) is 4.18. The number of alkyl halides is 2. The fourth-order valence-corrected chi connectivity index (χ4v) is 2.14. The first-order chi connectivity index (χ1) is 6.73. The van der Waals surface area contributed by atoms with Crippen molar-refractivity contribution in [2.24, 2.45) is 0 Å². The SMILES string of the molecule is O=S(=O)(Cl)c1cc(O)c(Br)nc1C(F)F. The molecular formula is C6H3BrClF2NO3S. The van der Waals surface area contributed by atoms with Crippen LogP contribution in [0.4, 0.5) is 8.78 Å². The van der Waals surface area contributed by atoms with E-state index >= 15 is 0 Å². The third kappa shape index (κ3) is 2.76. The van der Waals surface area contributed by atoms with Crippen molar-refractivity contribution in [3.05, 3.63) is 16.4 Å². The van der Waals surface area contributed by atoms with Crippen molar-refractivity contribution in [3.8, 4) is 5.75 Å². The smallest absolute Gasteiger partial charge is 0.281 e. The van der Waals surface area contributed by atoms with Crippen LogP contribution in [-0.4, -0.2) is 18.5 Å². The van der Waals surface area contributed by atoms with Crippen molar-refractivity contribution in [2.45, 2.75) is 11.3 Å². The third-order valence-corrected chi connectivity index (χ3v) is 3.35. The number of pyridine rings is 1. The Kier molecular flexibility index (Phi) is 3.51. The molecule has 15 heavy (non-hydrogen) atoms. The Hall–Kier alpha value is -0.470. The van der Waals surface area contributed by atoms with Crippen molar-refractivity contribution in [2.75, 3.05) is 0 Å². The molecule has 1 rings (SSSR count). The number of aromatic hydroxyl groups is 1. The van der Waals surface area contributed by atoms with Gasteiger partial charge >= 0.3 is 0 Å². The van der Waals surface area contributed by atoms with Gasteiger partial charge in [0.1, 0.15) is 20.9 Å². The molecule has 0 spiro atoms. The Morgan fingerprint density at radius 3 is 2.47 bits per heavy atom. The van der Waals surface area contributed by atoms with E-state index < -0.39 is 31.8 Å². The Morgan fingerprint density at radius 2 is 2.07 bits per heavy atom. The summed E-state index contributed by atoms with van der Waals surface area (Å²) >= 11 is 2.68. The zero-order valence-electron chi connectivity index (χ0n) is 6.79. The highest BCUT2D eigenvalue weighted by molar-refractivity contribution is 9.10. The third-order valence-electron chi connectivity index (χ3n) is 1.42. The molecule has 0 bridgehead atoms. The molecule has 0 radical (unpaired) electrons. The van der Waals surface area contributed by atoms with Gasteiger partial charge in [0.2, 0.25) is 0 Å². The van der Waals surface area contributed by atoms with E-state index in [-0.39, 0.29) is 4.60 Å². The summed E-state index contributed by atoms with van der Waals surface area (Å²) in [6.45, 7) is 0. The molecule has 1 N–H and O–H groups in total. The quantitative estimate of drug-likeness (QED) is 0.671. The summed E-state index contributed by atoms with van der Waals surface area (Å²) in [5, 5.41) is 9.09. The standard InChI is InChI=1S/C6H3BrClF2NO3S/c7-5-2(12)1-3(15(8,13)14)4(11-5)6(9)10/h1,6,12H. The molecule has 1 heterocycles. The topological polar surface area (TPSA) is 67.3 Å². The van der Waals surface area contributed by atoms with Crippen molar-refractivity contribution in [3.63, 3.8) is 0 Å². The predicted octanol–water partition coefficient (Wildman–Crippen LogP) is 2.41. The van der Waals surface area contributed by atoms with Gasteiger partial charge in [0.05, 0.1) is 0 Å². The lowest BCUT2D eigenvalue weighted by Gasteiger charge is -2.06. The summed E-state index contributed by atoms with van der Waals surface area (Å²) < 4.78 is 46.3. The van der Waals surface area contributed by atoms with Crippen LogP contribution in [0.1, 0.15) is 12.1 Å². The van der Waals surface area contributed by atoms with Crippen molar-refractivity contribution in [1.29, 1.82) is 0 Å². The van der Waals surface area contributed by atoms with Crippen molar-refractivity contribution >= 4 is 35.7 Å². The lowest BCUT2D eigenvalue weighted by molar-refractivity contribution is 0.142. The molecule has 0 saturated carbocycles. The van der Waals surface area contributed by atoms with Crippen LogP contribution in [0.2, 0.25) is 0 Å². The van der Waals surface area contributed by atoms with Crippen LogP contribution in [-0.2, 0) is 9.05 Å².